The number of halogens is 2. The number of hydrogen-bond donors (Lipinski definition) is 2. The van der Waals surface area contributed by atoms with E-state index in [1.54, 1.807) is 24.3 Å². The first kappa shape index (κ1) is 19.3. The minimum Gasteiger partial charge on any atom is -0.449 e. The number of carbonyl (C=O) groups excluding carboxylic acids is 2. The van der Waals surface area contributed by atoms with Crippen molar-refractivity contribution in [1.29, 1.82) is 0 Å². The van der Waals surface area contributed by atoms with Gasteiger partial charge in [-0.3, -0.25) is 4.79 Å². The van der Waals surface area contributed by atoms with Crippen LogP contribution in [0.25, 0.3) is 10.9 Å². The Bertz CT molecular complexity index is 1040. The van der Waals surface area contributed by atoms with Gasteiger partial charge in [0.2, 0.25) is 0 Å². The third-order valence-corrected chi connectivity index (χ3v) is 4.93. The Labute approximate surface area is 166 Å². The highest BCUT2D eigenvalue weighted by Crippen LogP contribution is 2.26. The zero-order chi connectivity index (χ0) is 19.7. The monoisotopic (exact) mass is 404 g/mol. The molecule has 1 unspecified atom stereocenters. The number of nitrogens with one attached hydrogen (secondary N) is 2. The van der Waals surface area contributed by atoms with E-state index >= 15 is 0 Å². The van der Waals surface area contributed by atoms with Crippen molar-refractivity contribution in [2.45, 2.75) is 26.9 Å². The predicted molar refractivity (Wildman–Crippen MR) is 108 cm³/mol. The first-order valence-electron chi connectivity index (χ1n) is 8.32. The summed E-state index contributed by atoms with van der Waals surface area (Å²) in [6, 6.07) is 9.96. The molecule has 5 nitrogen and oxygen atoms in total. The van der Waals surface area contributed by atoms with Crippen LogP contribution in [0.1, 0.15) is 28.5 Å². The van der Waals surface area contributed by atoms with E-state index < -0.39 is 18.0 Å². The number of rotatable bonds is 4. The van der Waals surface area contributed by atoms with Crippen LogP contribution in [0, 0.1) is 13.8 Å². The number of esters is 1. The predicted octanol–water partition coefficient (Wildman–Crippen LogP) is 5.28. The lowest BCUT2D eigenvalue weighted by atomic mass is 10.1. The lowest BCUT2D eigenvalue weighted by Crippen LogP contribution is -2.30. The smallest absolute Gasteiger partial charge is 0.338 e. The molecule has 1 amide bonds. The van der Waals surface area contributed by atoms with Crippen LogP contribution in [0.15, 0.2) is 36.4 Å². The summed E-state index contributed by atoms with van der Waals surface area (Å²) in [4.78, 5) is 28.0. The van der Waals surface area contributed by atoms with E-state index in [1.807, 2.05) is 19.9 Å². The van der Waals surface area contributed by atoms with Crippen LogP contribution in [0.2, 0.25) is 10.0 Å². The third kappa shape index (κ3) is 4.10. The van der Waals surface area contributed by atoms with E-state index in [2.05, 4.69) is 10.3 Å². The number of aryl methyl sites for hydroxylation is 2. The minimum atomic E-state index is -0.992. The van der Waals surface area contributed by atoms with Crippen molar-refractivity contribution in [2.75, 3.05) is 5.32 Å². The number of H-pyrrole nitrogens is 1. The van der Waals surface area contributed by atoms with Crippen LogP contribution in [0.4, 0.5) is 5.69 Å². The summed E-state index contributed by atoms with van der Waals surface area (Å²) in [6.07, 6.45) is -0.992. The van der Waals surface area contributed by atoms with E-state index in [4.69, 9.17) is 27.9 Å². The molecule has 0 spiro atoms. The number of aromatic amines is 1. The highest BCUT2D eigenvalue weighted by atomic mass is 35.5. The van der Waals surface area contributed by atoms with Gasteiger partial charge in [0.25, 0.3) is 5.91 Å². The van der Waals surface area contributed by atoms with Gasteiger partial charge in [0.05, 0.1) is 16.3 Å². The zero-order valence-electron chi connectivity index (χ0n) is 15.0. The van der Waals surface area contributed by atoms with Crippen LogP contribution in [-0.2, 0) is 9.53 Å². The molecule has 0 aliphatic rings. The number of carbonyl (C=O) groups is 2. The highest BCUT2D eigenvalue weighted by Gasteiger charge is 2.20. The molecule has 140 valence electrons. The van der Waals surface area contributed by atoms with Crippen LogP contribution >= 0.6 is 23.2 Å². The van der Waals surface area contributed by atoms with Gasteiger partial charge in [0.1, 0.15) is 0 Å². The average Bonchev–Trinajstić information content (AvgIpc) is 2.91. The van der Waals surface area contributed by atoms with E-state index in [1.165, 1.54) is 13.0 Å². The van der Waals surface area contributed by atoms with Gasteiger partial charge in [-0.05, 0) is 62.7 Å². The highest BCUT2D eigenvalue weighted by molar-refractivity contribution is 6.36. The van der Waals surface area contributed by atoms with Crippen LogP contribution in [0.5, 0.6) is 0 Å². The maximum Gasteiger partial charge on any atom is 0.338 e. The summed E-state index contributed by atoms with van der Waals surface area (Å²) >= 11 is 11.9. The molecular weight excluding hydrogens is 387 g/mol. The summed E-state index contributed by atoms with van der Waals surface area (Å²) in [7, 11) is 0. The van der Waals surface area contributed by atoms with Crippen molar-refractivity contribution in [3.05, 3.63) is 63.3 Å². The third-order valence-electron chi connectivity index (χ3n) is 4.39. The second-order valence-electron chi connectivity index (χ2n) is 6.30. The number of amides is 1. The number of anilines is 1. The fourth-order valence-electron chi connectivity index (χ4n) is 2.70. The SMILES string of the molecule is Cc1[nH]c2ccc(C(=O)OC(C)C(=O)Nc3ccc(Cl)cc3Cl)cc2c1C. The first-order valence-corrected chi connectivity index (χ1v) is 9.07. The lowest BCUT2D eigenvalue weighted by molar-refractivity contribution is -0.123. The largest absolute Gasteiger partial charge is 0.449 e. The molecule has 2 N–H and O–H groups in total. The minimum absolute atomic E-state index is 0.304. The van der Waals surface area contributed by atoms with Gasteiger partial charge in [0.15, 0.2) is 6.10 Å². The second kappa shape index (κ2) is 7.62. The molecule has 1 aromatic heterocycles. The number of ether oxygens (including phenoxy) is 1. The van der Waals surface area contributed by atoms with Gasteiger partial charge in [-0.25, -0.2) is 4.79 Å². The molecule has 0 saturated carbocycles. The molecule has 1 heterocycles. The molecule has 0 saturated heterocycles. The summed E-state index contributed by atoms with van der Waals surface area (Å²) < 4.78 is 5.30. The van der Waals surface area contributed by atoms with Gasteiger partial charge in [-0.1, -0.05) is 23.2 Å². The summed E-state index contributed by atoms with van der Waals surface area (Å²) in [6.45, 7) is 5.46. The summed E-state index contributed by atoms with van der Waals surface area (Å²) in [5, 5.41) is 4.34. The average molecular weight is 405 g/mol. The van der Waals surface area contributed by atoms with Gasteiger partial charge >= 0.3 is 5.97 Å². The van der Waals surface area contributed by atoms with Crippen molar-refractivity contribution < 1.29 is 14.3 Å². The van der Waals surface area contributed by atoms with Crippen molar-refractivity contribution in [3.8, 4) is 0 Å². The fraction of sp³-hybridized carbons (Fsp3) is 0.200. The van der Waals surface area contributed by atoms with Crippen LogP contribution in [0.3, 0.4) is 0 Å². The van der Waals surface area contributed by atoms with Crippen molar-refractivity contribution >= 4 is 51.7 Å². The van der Waals surface area contributed by atoms with Crippen LogP contribution < -0.4 is 5.32 Å². The quantitative estimate of drug-likeness (QED) is 0.581. The zero-order valence-corrected chi connectivity index (χ0v) is 16.5. The molecule has 0 radical (unpaired) electrons. The van der Waals surface area contributed by atoms with Crippen molar-refractivity contribution in [2.24, 2.45) is 0 Å². The molecule has 3 rings (SSSR count). The standard InChI is InChI=1S/C20H18Cl2N2O3/c1-10-11(2)23-17-6-4-13(8-15(10)17)20(26)27-12(3)19(25)24-18-7-5-14(21)9-16(18)22/h4-9,12,23H,1-3H3,(H,24,25). The summed E-state index contributed by atoms with van der Waals surface area (Å²) in [5.41, 5.74) is 3.85. The van der Waals surface area contributed by atoms with E-state index in [0.717, 1.165) is 22.2 Å². The molecule has 27 heavy (non-hydrogen) atoms. The van der Waals surface area contributed by atoms with Gasteiger partial charge < -0.3 is 15.0 Å². The summed E-state index contributed by atoms with van der Waals surface area (Å²) in [5.74, 6) is -1.05. The molecule has 2 aromatic carbocycles. The lowest BCUT2D eigenvalue weighted by Gasteiger charge is -2.14. The van der Waals surface area contributed by atoms with Gasteiger partial charge in [-0.2, -0.15) is 0 Å². The van der Waals surface area contributed by atoms with Crippen LogP contribution in [-0.4, -0.2) is 23.0 Å². The Morgan fingerprint density at radius 3 is 2.56 bits per heavy atom. The molecule has 0 aliphatic heterocycles. The maximum absolute atomic E-state index is 12.4. The Morgan fingerprint density at radius 2 is 1.85 bits per heavy atom. The molecule has 0 fully saturated rings. The second-order valence-corrected chi connectivity index (χ2v) is 7.14. The fourth-order valence-corrected chi connectivity index (χ4v) is 3.15. The number of fused-ring (bicyclic) bond motifs is 1. The van der Waals surface area contributed by atoms with E-state index in [0.29, 0.717) is 21.3 Å². The van der Waals surface area contributed by atoms with E-state index in [-0.39, 0.29) is 0 Å². The molecular formula is C20H18Cl2N2O3. The normalized spacial score (nSPS) is 12.0. The first-order chi connectivity index (χ1) is 12.8. The van der Waals surface area contributed by atoms with Gasteiger partial charge in [-0.15, -0.1) is 0 Å². The topological polar surface area (TPSA) is 71.2 Å². The van der Waals surface area contributed by atoms with E-state index in [9.17, 15) is 9.59 Å². The molecule has 3 aromatic rings. The number of benzene rings is 2. The molecule has 1 atom stereocenters. The molecule has 7 heteroatoms. The van der Waals surface area contributed by atoms with Crippen molar-refractivity contribution in [3.63, 3.8) is 0 Å². The maximum atomic E-state index is 12.4. The Hall–Kier alpha value is -2.50. The number of aromatic nitrogens is 1. The number of hydrogen-bond acceptors (Lipinski definition) is 3. The molecule has 0 aliphatic carbocycles. The van der Waals surface area contributed by atoms with Gasteiger partial charge in [0, 0.05) is 21.6 Å². The Morgan fingerprint density at radius 1 is 1.11 bits per heavy atom. The Balaban J connectivity index is 1.71. The molecule has 0 bridgehead atoms. The van der Waals surface area contributed by atoms with Crippen molar-refractivity contribution in [1.82, 2.24) is 4.98 Å². The Kier molecular flexibility index (Phi) is 5.44.